The second-order valence-electron chi connectivity index (χ2n) is 4.26. The predicted molar refractivity (Wildman–Crippen MR) is 65.6 cm³/mol. The molecule has 1 saturated heterocycles. The molecule has 1 aliphatic heterocycles. The molecule has 0 aliphatic carbocycles. The van der Waals surface area contributed by atoms with Gasteiger partial charge in [-0.15, -0.1) is 6.58 Å². The number of aliphatic hydroxyl groups is 1. The van der Waals surface area contributed by atoms with Crippen LogP contribution < -0.4 is 0 Å². The van der Waals surface area contributed by atoms with E-state index < -0.39 is 6.10 Å². The summed E-state index contributed by atoms with van der Waals surface area (Å²) in [4.78, 5) is 0. The maximum atomic E-state index is 9.62. The van der Waals surface area contributed by atoms with Crippen molar-refractivity contribution in [2.45, 2.75) is 31.3 Å². The van der Waals surface area contributed by atoms with Crippen LogP contribution in [0.1, 0.15) is 12.0 Å². The first kappa shape index (κ1) is 12.3. The van der Waals surface area contributed by atoms with Gasteiger partial charge in [-0.2, -0.15) is 0 Å². The van der Waals surface area contributed by atoms with E-state index in [0.717, 1.165) is 5.56 Å². The molecule has 17 heavy (non-hydrogen) atoms. The summed E-state index contributed by atoms with van der Waals surface area (Å²) in [6.07, 6.45) is 1.53. The maximum Gasteiger partial charge on any atom is 0.102 e. The molecule has 92 valence electrons. The van der Waals surface area contributed by atoms with Gasteiger partial charge in [0.05, 0.1) is 25.4 Å². The van der Waals surface area contributed by atoms with Gasteiger partial charge in [-0.3, -0.25) is 0 Å². The Labute approximate surface area is 102 Å². The highest BCUT2D eigenvalue weighted by Gasteiger charge is 2.31. The van der Waals surface area contributed by atoms with Crippen LogP contribution in [-0.2, 0) is 16.1 Å². The fraction of sp³-hybridized carbons (Fsp3) is 0.429. The summed E-state index contributed by atoms with van der Waals surface area (Å²) in [6, 6.07) is 10.0. The molecule has 1 aliphatic rings. The van der Waals surface area contributed by atoms with Crippen molar-refractivity contribution < 1.29 is 14.6 Å². The molecule has 3 heteroatoms. The smallest absolute Gasteiger partial charge is 0.102 e. The summed E-state index contributed by atoms with van der Waals surface area (Å²) in [5.74, 6) is 0. The minimum Gasteiger partial charge on any atom is -0.390 e. The van der Waals surface area contributed by atoms with Crippen LogP contribution in [0.2, 0.25) is 0 Å². The highest BCUT2D eigenvalue weighted by molar-refractivity contribution is 5.13. The van der Waals surface area contributed by atoms with E-state index in [-0.39, 0.29) is 12.2 Å². The first-order valence-corrected chi connectivity index (χ1v) is 5.87. The molecule has 2 rings (SSSR count). The van der Waals surface area contributed by atoms with Gasteiger partial charge in [-0.1, -0.05) is 36.4 Å². The lowest BCUT2D eigenvalue weighted by Crippen LogP contribution is -2.17. The number of hydrogen-bond acceptors (Lipinski definition) is 3. The van der Waals surface area contributed by atoms with Crippen molar-refractivity contribution >= 4 is 0 Å². The predicted octanol–water partition coefficient (Wildman–Crippen LogP) is 1.91. The van der Waals surface area contributed by atoms with E-state index in [1.54, 1.807) is 6.08 Å². The molecular weight excluding hydrogens is 216 g/mol. The van der Waals surface area contributed by atoms with E-state index in [4.69, 9.17) is 9.47 Å². The molecular formula is C14H18O3. The van der Waals surface area contributed by atoms with E-state index in [2.05, 4.69) is 6.58 Å². The largest absolute Gasteiger partial charge is 0.390 e. The van der Waals surface area contributed by atoms with Crippen molar-refractivity contribution in [3.8, 4) is 0 Å². The third-order valence-corrected chi connectivity index (χ3v) is 2.88. The Balaban J connectivity index is 1.71. The summed E-state index contributed by atoms with van der Waals surface area (Å²) >= 11 is 0. The number of hydrogen-bond donors (Lipinski definition) is 1. The van der Waals surface area contributed by atoms with Crippen molar-refractivity contribution in [2.24, 2.45) is 0 Å². The van der Waals surface area contributed by atoms with Crippen molar-refractivity contribution in [1.82, 2.24) is 0 Å². The SMILES string of the molecule is C=C[C@@H]1O[C@H](COCc2ccccc2)C[C@@H]1O. The van der Waals surface area contributed by atoms with Crippen LogP contribution in [0.15, 0.2) is 43.0 Å². The Morgan fingerprint density at radius 3 is 2.82 bits per heavy atom. The third-order valence-electron chi connectivity index (χ3n) is 2.88. The average molecular weight is 234 g/mol. The van der Waals surface area contributed by atoms with Gasteiger partial charge >= 0.3 is 0 Å². The molecule has 0 aromatic heterocycles. The van der Waals surface area contributed by atoms with Gasteiger partial charge in [0.15, 0.2) is 0 Å². The van der Waals surface area contributed by atoms with Crippen molar-refractivity contribution in [1.29, 1.82) is 0 Å². The Hall–Kier alpha value is -1.16. The van der Waals surface area contributed by atoms with Crippen LogP contribution in [0, 0.1) is 0 Å². The Bertz CT molecular complexity index is 350. The van der Waals surface area contributed by atoms with Crippen molar-refractivity contribution in [3.63, 3.8) is 0 Å². The van der Waals surface area contributed by atoms with Gasteiger partial charge in [0.25, 0.3) is 0 Å². The summed E-state index contributed by atoms with van der Waals surface area (Å²) in [5.41, 5.74) is 1.14. The second kappa shape index (κ2) is 5.96. The van der Waals surface area contributed by atoms with Gasteiger partial charge in [0.2, 0.25) is 0 Å². The quantitative estimate of drug-likeness (QED) is 0.791. The molecule has 3 atom stereocenters. The van der Waals surface area contributed by atoms with Crippen LogP contribution in [0.5, 0.6) is 0 Å². The highest BCUT2D eigenvalue weighted by atomic mass is 16.6. The molecule has 1 aromatic rings. The second-order valence-corrected chi connectivity index (χ2v) is 4.26. The van der Waals surface area contributed by atoms with Crippen LogP contribution >= 0.6 is 0 Å². The molecule has 1 N–H and O–H groups in total. The van der Waals surface area contributed by atoms with Crippen LogP contribution in [-0.4, -0.2) is 30.0 Å². The first-order chi connectivity index (χ1) is 8.29. The van der Waals surface area contributed by atoms with Gasteiger partial charge in [-0.05, 0) is 5.56 Å². The zero-order chi connectivity index (χ0) is 12.1. The Morgan fingerprint density at radius 2 is 2.18 bits per heavy atom. The third kappa shape index (κ3) is 3.40. The average Bonchev–Trinajstić information content (AvgIpc) is 2.71. The topological polar surface area (TPSA) is 38.7 Å². The van der Waals surface area contributed by atoms with E-state index in [0.29, 0.717) is 19.6 Å². The van der Waals surface area contributed by atoms with Crippen LogP contribution in [0.25, 0.3) is 0 Å². The molecule has 3 nitrogen and oxygen atoms in total. The molecule has 0 amide bonds. The Kier molecular flexibility index (Phi) is 4.31. The summed E-state index contributed by atoms with van der Waals surface area (Å²) in [6.45, 7) is 4.72. The molecule has 0 unspecified atom stereocenters. The lowest BCUT2D eigenvalue weighted by Gasteiger charge is -2.11. The van der Waals surface area contributed by atoms with E-state index >= 15 is 0 Å². The molecule has 0 saturated carbocycles. The molecule has 1 fully saturated rings. The monoisotopic (exact) mass is 234 g/mol. The fourth-order valence-corrected chi connectivity index (χ4v) is 1.97. The lowest BCUT2D eigenvalue weighted by molar-refractivity contribution is -0.0138. The molecule has 1 heterocycles. The molecule has 0 spiro atoms. The lowest BCUT2D eigenvalue weighted by atomic mass is 10.1. The number of rotatable bonds is 5. The first-order valence-electron chi connectivity index (χ1n) is 5.87. The number of benzene rings is 1. The molecule has 0 radical (unpaired) electrons. The standard InChI is InChI=1S/C14H18O3/c1-2-14-13(15)8-12(17-14)10-16-9-11-6-4-3-5-7-11/h2-7,12-15H,1,8-10H2/t12-,13-,14-/m0/s1. The van der Waals surface area contributed by atoms with Gasteiger partial charge in [0, 0.05) is 6.42 Å². The zero-order valence-corrected chi connectivity index (χ0v) is 9.79. The zero-order valence-electron chi connectivity index (χ0n) is 9.79. The minimum atomic E-state index is -0.446. The number of aliphatic hydroxyl groups excluding tert-OH is 1. The summed E-state index contributed by atoms with van der Waals surface area (Å²) in [5, 5.41) is 9.62. The van der Waals surface area contributed by atoms with Crippen molar-refractivity contribution in [2.75, 3.05) is 6.61 Å². The molecule has 0 bridgehead atoms. The van der Waals surface area contributed by atoms with E-state index in [1.807, 2.05) is 30.3 Å². The maximum absolute atomic E-state index is 9.62. The number of ether oxygens (including phenoxy) is 2. The fourth-order valence-electron chi connectivity index (χ4n) is 1.97. The van der Waals surface area contributed by atoms with Gasteiger partial charge in [0.1, 0.15) is 6.10 Å². The Morgan fingerprint density at radius 1 is 1.41 bits per heavy atom. The highest BCUT2D eigenvalue weighted by Crippen LogP contribution is 2.21. The van der Waals surface area contributed by atoms with Gasteiger partial charge in [-0.25, -0.2) is 0 Å². The minimum absolute atomic E-state index is 0.0308. The van der Waals surface area contributed by atoms with Crippen molar-refractivity contribution in [3.05, 3.63) is 48.6 Å². The van der Waals surface area contributed by atoms with Gasteiger partial charge < -0.3 is 14.6 Å². The summed E-state index contributed by atoms with van der Waals surface area (Å²) in [7, 11) is 0. The van der Waals surface area contributed by atoms with E-state index in [1.165, 1.54) is 0 Å². The van der Waals surface area contributed by atoms with Crippen LogP contribution in [0.4, 0.5) is 0 Å². The summed E-state index contributed by atoms with van der Waals surface area (Å²) < 4.78 is 11.1. The normalized spacial score (nSPS) is 28.2. The molecule has 1 aromatic carbocycles. The van der Waals surface area contributed by atoms with Crippen LogP contribution in [0.3, 0.4) is 0 Å². The van der Waals surface area contributed by atoms with E-state index in [9.17, 15) is 5.11 Å².